The number of hydrogen-bond acceptors (Lipinski definition) is 5. The Morgan fingerprint density at radius 2 is 1.73 bits per heavy atom. The SMILES string of the molecule is O=C(Nc1ccccc1S(=O)(=O)N1CCCCC1)c1cnc(-c2ccccc2F)s1. The van der Waals surface area contributed by atoms with Crippen molar-refractivity contribution >= 4 is 33.0 Å². The summed E-state index contributed by atoms with van der Waals surface area (Å²) in [7, 11) is -3.71. The maximum Gasteiger partial charge on any atom is 0.267 e. The van der Waals surface area contributed by atoms with Crippen LogP contribution in [0.2, 0.25) is 0 Å². The molecule has 9 heteroatoms. The predicted molar refractivity (Wildman–Crippen MR) is 115 cm³/mol. The number of aromatic nitrogens is 1. The fourth-order valence-electron chi connectivity index (χ4n) is 3.36. The van der Waals surface area contributed by atoms with Crippen molar-refractivity contribution in [1.82, 2.24) is 9.29 Å². The van der Waals surface area contributed by atoms with Crippen molar-refractivity contribution in [2.45, 2.75) is 24.2 Å². The molecule has 0 radical (unpaired) electrons. The van der Waals surface area contributed by atoms with Gasteiger partial charge in [0.2, 0.25) is 10.0 Å². The van der Waals surface area contributed by atoms with E-state index in [1.54, 1.807) is 36.4 Å². The minimum Gasteiger partial charge on any atom is -0.320 e. The number of rotatable bonds is 5. The molecule has 1 aliphatic heterocycles. The fraction of sp³-hybridized carbons (Fsp3) is 0.238. The quantitative estimate of drug-likeness (QED) is 0.632. The lowest BCUT2D eigenvalue weighted by Gasteiger charge is -2.26. The van der Waals surface area contributed by atoms with Crippen LogP contribution in [0, 0.1) is 5.82 Å². The first kappa shape index (κ1) is 20.6. The van der Waals surface area contributed by atoms with Gasteiger partial charge in [0, 0.05) is 18.7 Å². The van der Waals surface area contributed by atoms with Gasteiger partial charge in [0.05, 0.1) is 11.9 Å². The van der Waals surface area contributed by atoms with E-state index in [9.17, 15) is 17.6 Å². The molecule has 30 heavy (non-hydrogen) atoms. The number of carbonyl (C=O) groups excluding carboxylic acids is 1. The Bertz CT molecular complexity index is 1170. The van der Waals surface area contributed by atoms with Crippen LogP contribution in [0.15, 0.2) is 59.6 Å². The lowest BCUT2D eigenvalue weighted by Crippen LogP contribution is -2.36. The Balaban J connectivity index is 1.59. The molecule has 1 aromatic heterocycles. The van der Waals surface area contributed by atoms with Gasteiger partial charge >= 0.3 is 0 Å². The minimum absolute atomic E-state index is 0.0686. The van der Waals surface area contributed by atoms with Gasteiger partial charge in [-0.05, 0) is 37.1 Å². The molecule has 0 unspecified atom stereocenters. The summed E-state index contributed by atoms with van der Waals surface area (Å²) in [6.45, 7) is 0.955. The number of sulfonamides is 1. The molecule has 1 aliphatic rings. The van der Waals surface area contributed by atoms with Gasteiger partial charge in [0.25, 0.3) is 5.91 Å². The summed E-state index contributed by atoms with van der Waals surface area (Å²) in [6, 6.07) is 12.6. The summed E-state index contributed by atoms with van der Waals surface area (Å²) in [4.78, 5) is 17.2. The van der Waals surface area contributed by atoms with Gasteiger partial charge in [-0.3, -0.25) is 4.79 Å². The molecule has 1 amide bonds. The van der Waals surface area contributed by atoms with Gasteiger partial charge in [-0.2, -0.15) is 4.31 Å². The number of amides is 1. The summed E-state index contributed by atoms with van der Waals surface area (Å²) in [5.41, 5.74) is 0.531. The Hall–Kier alpha value is -2.62. The summed E-state index contributed by atoms with van der Waals surface area (Å²) >= 11 is 1.05. The van der Waals surface area contributed by atoms with Crippen LogP contribution in [0.3, 0.4) is 0 Å². The second-order valence-corrected chi connectivity index (χ2v) is 9.86. The second-order valence-electron chi connectivity index (χ2n) is 6.92. The second kappa shape index (κ2) is 8.63. The summed E-state index contributed by atoms with van der Waals surface area (Å²) in [5.74, 6) is -0.909. The third-order valence-electron chi connectivity index (χ3n) is 4.90. The van der Waals surface area contributed by atoms with Gasteiger partial charge in [-0.1, -0.05) is 30.7 Å². The van der Waals surface area contributed by atoms with E-state index in [0.29, 0.717) is 23.7 Å². The predicted octanol–water partition coefficient (Wildman–Crippen LogP) is 4.38. The van der Waals surface area contributed by atoms with Gasteiger partial charge in [-0.25, -0.2) is 17.8 Å². The van der Waals surface area contributed by atoms with E-state index in [0.717, 1.165) is 30.6 Å². The van der Waals surface area contributed by atoms with E-state index < -0.39 is 21.7 Å². The lowest BCUT2D eigenvalue weighted by atomic mass is 10.2. The van der Waals surface area contributed by atoms with E-state index in [2.05, 4.69) is 10.3 Å². The Kier molecular flexibility index (Phi) is 5.94. The number of benzene rings is 2. The Morgan fingerprint density at radius 1 is 1.03 bits per heavy atom. The number of nitrogens with zero attached hydrogens (tertiary/aromatic N) is 2. The first-order valence-electron chi connectivity index (χ1n) is 9.58. The molecule has 2 aromatic carbocycles. The van der Waals surface area contributed by atoms with Crippen LogP contribution >= 0.6 is 11.3 Å². The molecule has 0 saturated carbocycles. The molecule has 0 bridgehead atoms. The number of thiazole rings is 1. The van der Waals surface area contributed by atoms with Crippen LogP contribution in [0.4, 0.5) is 10.1 Å². The first-order valence-corrected chi connectivity index (χ1v) is 11.8. The third kappa shape index (κ3) is 4.14. The van der Waals surface area contributed by atoms with Crippen LogP contribution in [-0.2, 0) is 10.0 Å². The Morgan fingerprint density at radius 3 is 2.50 bits per heavy atom. The molecule has 1 N–H and O–H groups in total. The van der Waals surface area contributed by atoms with Crippen molar-refractivity contribution in [3.63, 3.8) is 0 Å². The molecule has 0 aliphatic carbocycles. The zero-order valence-corrected chi connectivity index (χ0v) is 17.7. The molecule has 6 nitrogen and oxygen atoms in total. The highest BCUT2D eigenvalue weighted by Gasteiger charge is 2.28. The van der Waals surface area contributed by atoms with E-state index in [1.807, 2.05) is 0 Å². The molecule has 0 atom stereocenters. The molecular formula is C21H20FN3O3S2. The normalized spacial score (nSPS) is 15.1. The van der Waals surface area contributed by atoms with Crippen molar-refractivity contribution in [1.29, 1.82) is 0 Å². The topological polar surface area (TPSA) is 79.4 Å². The van der Waals surface area contributed by atoms with E-state index in [-0.39, 0.29) is 15.5 Å². The molecule has 0 spiro atoms. The van der Waals surface area contributed by atoms with Gasteiger partial charge in [-0.15, -0.1) is 11.3 Å². The van der Waals surface area contributed by atoms with Crippen molar-refractivity contribution < 1.29 is 17.6 Å². The first-order chi connectivity index (χ1) is 14.5. The number of hydrogen-bond donors (Lipinski definition) is 1. The Labute approximate surface area is 178 Å². The van der Waals surface area contributed by atoms with Gasteiger partial charge in [0.1, 0.15) is 20.6 Å². The number of halogens is 1. The maximum absolute atomic E-state index is 14.0. The molecule has 1 fully saturated rings. The molecular weight excluding hydrogens is 425 g/mol. The average Bonchev–Trinajstić information content (AvgIpc) is 3.25. The zero-order valence-electron chi connectivity index (χ0n) is 16.0. The molecule has 3 aromatic rings. The van der Waals surface area contributed by atoms with Crippen LogP contribution in [0.25, 0.3) is 10.6 Å². The van der Waals surface area contributed by atoms with Gasteiger partial charge in [0.15, 0.2) is 0 Å². The monoisotopic (exact) mass is 445 g/mol. The zero-order chi connectivity index (χ0) is 21.1. The number of anilines is 1. The van der Waals surface area contributed by atoms with E-state index in [1.165, 1.54) is 22.6 Å². The van der Waals surface area contributed by atoms with E-state index in [4.69, 9.17) is 0 Å². The van der Waals surface area contributed by atoms with E-state index >= 15 is 0 Å². The van der Waals surface area contributed by atoms with Crippen molar-refractivity contribution in [2.75, 3.05) is 18.4 Å². The summed E-state index contributed by atoms with van der Waals surface area (Å²) < 4.78 is 41.6. The highest BCUT2D eigenvalue weighted by atomic mass is 32.2. The molecule has 1 saturated heterocycles. The number of carbonyl (C=O) groups is 1. The third-order valence-corrected chi connectivity index (χ3v) is 7.89. The number of piperidine rings is 1. The summed E-state index contributed by atoms with van der Waals surface area (Å²) in [5, 5.41) is 3.07. The lowest BCUT2D eigenvalue weighted by molar-refractivity contribution is 0.103. The fourth-order valence-corrected chi connectivity index (χ4v) is 5.86. The standard InChI is InChI=1S/C21H20FN3O3S2/c22-16-9-3-2-8-15(16)21-23-14-18(29-21)20(26)24-17-10-4-5-11-19(17)30(27,28)25-12-6-1-7-13-25/h2-5,8-11,14H,1,6-7,12-13H2,(H,24,26). The smallest absolute Gasteiger partial charge is 0.267 e. The largest absolute Gasteiger partial charge is 0.320 e. The maximum atomic E-state index is 14.0. The highest BCUT2D eigenvalue weighted by Crippen LogP contribution is 2.30. The minimum atomic E-state index is -3.71. The average molecular weight is 446 g/mol. The number of nitrogens with one attached hydrogen (secondary N) is 1. The van der Waals surface area contributed by atoms with Crippen LogP contribution < -0.4 is 5.32 Å². The van der Waals surface area contributed by atoms with Crippen molar-refractivity contribution in [3.05, 3.63) is 65.4 Å². The number of para-hydroxylation sites is 1. The highest BCUT2D eigenvalue weighted by molar-refractivity contribution is 7.89. The summed E-state index contributed by atoms with van der Waals surface area (Å²) in [6.07, 6.45) is 4.03. The van der Waals surface area contributed by atoms with Crippen LogP contribution in [0.1, 0.15) is 28.9 Å². The van der Waals surface area contributed by atoms with Crippen molar-refractivity contribution in [3.8, 4) is 10.6 Å². The molecule has 156 valence electrons. The van der Waals surface area contributed by atoms with Crippen LogP contribution in [0.5, 0.6) is 0 Å². The molecule has 4 rings (SSSR count). The molecule has 2 heterocycles. The van der Waals surface area contributed by atoms with Crippen molar-refractivity contribution in [2.24, 2.45) is 0 Å². The van der Waals surface area contributed by atoms with Crippen LogP contribution in [-0.4, -0.2) is 36.7 Å². The van der Waals surface area contributed by atoms with Gasteiger partial charge < -0.3 is 5.32 Å².